The lowest BCUT2D eigenvalue weighted by Crippen LogP contribution is -2.48. The van der Waals surface area contributed by atoms with Crippen molar-refractivity contribution in [3.05, 3.63) is 54.7 Å². The van der Waals surface area contributed by atoms with Crippen molar-refractivity contribution < 1.29 is 19.7 Å². The summed E-state index contributed by atoms with van der Waals surface area (Å²) in [4.78, 5) is 31.3. The van der Waals surface area contributed by atoms with E-state index in [1.807, 2.05) is 37.3 Å². The number of pyridine rings is 1. The molecule has 0 spiro atoms. The fraction of sp³-hybridized carbons (Fsp3) is 0.292. The number of anilines is 1. The molecule has 1 aliphatic rings. The van der Waals surface area contributed by atoms with Crippen LogP contribution in [0.3, 0.4) is 0 Å². The van der Waals surface area contributed by atoms with E-state index in [-0.39, 0.29) is 18.9 Å². The summed E-state index contributed by atoms with van der Waals surface area (Å²) in [5.41, 5.74) is 7.79. The van der Waals surface area contributed by atoms with Crippen molar-refractivity contribution >= 4 is 32.7 Å². The molecule has 2 amide bonds. The Morgan fingerprint density at radius 2 is 2.06 bits per heavy atom. The number of aliphatic hydroxyl groups excluding tert-OH is 1. The Balaban J connectivity index is 1.61. The van der Waals surface area contributed by atoms with E-state index >= 15 is 0 Å². The van der Waals surface area contributed by atoms with Gasteiger partial charge in [-0.1, -0.05) is 17.4 Å². The summed E-state index contributed by atoms with van der Waals surface area (Å²) in [5.74, 6) is 0.152. The maximum Gasteiger partial charge on any atom is 0.321 e. The minimum atomic E-state index is -1.55. The molecule has 3 aromatic heterocycles. The predicted octanol–water partition coefficient (Wildman–Crippen LogP) is 2.69. The fourth-order valence-electron chi connectivity index (χ4n) is 4.09. The highest BCUT2D eigenvalue weighted by Gasteiger charge is 2.42. The van der Waals surface area contributed by atoms with Gasteiger partial charge in [0.05, 0.1) is 22.5 Å². The van der Waals surface area contributed by atoms with Crippen LogP contribution in [-0.4, -0.2) is 62.0 Å². The van der Waals surface area contributed by atoms with Crippen molar-refractivity contribution in [1.29, 1.82) is 0 Å². The molecule has 1 aromatic carbocycles. The number of aliphatic hydroxyl groups is 2. The third-order valence-electron chi connectivity index (χ3n) is 6.06. The van der Waals surface area contributed by atoms with Crippen LogP contribution in [0, 0.1) is 0 Å². The van der Waals surface area contributed by atoms with Crippen LogP contribution in [0.2, 0.25) is 0 Å². The topological polar surface area (TPSA) is 148 Å². The third-order valence-corrected chi connectivity index (χ3v) is 7.19. The molecule has 4 aromatic rings. The highest BCUT2D eigenvalue weighted by atomic mass is 32.1. The number of rotatable bonds is 5. The van der Waals surface area contributed by atoms with Gasteiger partial charge < -0.3 is 20.7 Å². The molecule has 4 heterocycles. The first kappa shape index (κ1) is 23.2. The van der Waals surface area contributed by atoms with Crippen LogP contribution in [0.1, 0.15) is 19.2 Å². The normalized spacial score (nSPS) is 20.1. The summed E-state index contributed by atoms with van der Waals surface area (Å²) < 4.78 is 6.09. The Kier molecular flexibility index (Phi) is 6.15. The second kappa shape index (κ2) is 9.27. The molecule has 0 unspecified atom stereocenters. The second-order valence-electron chi connectivity index (χ2n) is 8.23. The van der Waals surface area contributed by atoms with E-state index in [2.05, 4.69) is 19.9 Å². The number of primary amides is 1. The Morgan fingerprint density at radius 3 is 2.71 bits per heavy atom. The molecule has 0 bridgehead atoms. The lowest BCUT2D eigenvalue weighted by Gasteiger charge is -2.35. The van der Waals surface area contributed by atoms with Crippen LogP contribution < -0.4 is 10.6 Å². The SMILES string of the molecule is CCN(C(N)=O)c1nc2cc(-c3cnc([C@]4(O)CCOC[C@@H]4O)nc3)cc(-c3ccccn3)c2s1. The fourth-order valence-corrected chi connectivity index (χ4v) is 5.23. The summed E-state index contributed by atoms with van der Waals surface area (Å²) in [6, 6.07) is 8.96. The molecule has 0 aliphatic carbocycles. The monoisotopic (exact) mass is 492 g/mol. The minimum absolute atomic E-state index is 0.0257. The van der Waals surface area contributed by atoms with Crippen molar-refractivity contribution in [3.63, 3.8) is 0 Å². The summed E-state index contributed by atoms with van der Waals surface area (Å²) in [6.07, 6.45) is 4.05. The number of carbonyl (C=O) groups is 1. The number of nitrogens with two attached hydrogens (primary N) is 1. The largest absolute Gasteiger partial charge is 0.387 e. The number of hydrogen-bond acceptors (Lipinski definition) is 9. The Labute approximate surface area is 205 Å². The summed E-state index contributed by atoms with van der Waals surface area (Å²) >= 11 is 1.37. The summed E-state index contributed by atoms with van der Waals surface area (Å²) in [7, 11) is 0. The van der Waals surface area contributed by atoms with Crippen molar-refractivity contribution in [2.45, 2.75) is 25.0 Å². The van der Waals surface area contributed by atoms with Gasteiger partial charge in [0.25, 0.3) is 0 Å². The minimum Gasteiger partial charge on any atom is -0.387 e. The van der Waals surface area contributed by atoms with Crippen LogP contribution in [0.4, 0.5) is 9.93 Å². The number of urea groups is 1. The number of amides is 2. The lowest BCUT2D eigenvalue weighted by atomic mass is 9.90. The molecule has 1 saturated heterocycles. The lowest BCUT2D eigenvalue weighted by molar-refractivity contribution is -0.162. The molecular weight excluding hydrogens is 468 g/mol. The molecule has 10 nitrogen and oxygen atoms in total. The van der Waals surface area contributed by atoms with Crippen LogP contribution in [0.5, 0.6) is 0 Å². The van der Waals surface area contributed by atoms with Gasteiger partial charge in [-0.25, -0.2) is 19.7 Å². The molecule has 4 N–H and O–H groups in total. The van der Waals surface area contributed by atoms with E-state index in [4.69, 9.17) is 10.5 Å². The van der Waals surface area contributed by atoms with Crippen LogP contribution in [0.25, 0.3) is 32.6 Å². The molecule has 5 rings (SSSR count). The highest BCUT2D eigenvalue weighted by Crippen LogP contribution is 2.39. The zero-order valence-corrected chi connectivity index (χ0v) is 19.8. The zero-order chi connectivity index (χ0) is 24.6. The number of nitrogens with zero attached hydrogens (tertiary/aromatic N) is 5. The number of benzene rings is 1. The Morgan fingerprint density at radius 1 is 1.26 bits per heavy atom. The van der Waals surface area contributed by atoms with E-state index in [1.54, 1.807) is 18.6 Å². The molecule has 1 fully saturated rings. The van der Waals surface area contributed by atoms with E-state index in [1.165, 1.54) is 16.2 Å². The maximum atomic E-state index is 11.9. The van der Waals surface area contributed by atoms with Crippen molar-refractivity contribution in [2.75, 3.05) is 24.7 Å². The van der Waals surface area contributed by atoms with Gasteiger partial charge in [0, 0.05) is 49.3 Å². The first-order chi connectivity index (χ1) is 16.9. The van der Waals surface area contributed by atoms with E-state index in [0.717, 1.165) is 21.5 Å². The van der Waals surface area contributed by atoms with Gasteiger partial charge in [0.15, 0.2) is 16.6 Å². The van der Waals surface area contributed by atoms with Crippen LogP contribution in [-0.2, 0) is 10.3 Å². The quantitative estimate of drug-likeness (QED) is 0.385. The van der Waals surface area contributed by atoms with Crippen LogP contribution >= 0.6 is 11.3 Å². The van der Waals surface area contributed by atoms with Gasteiger partial charge in [0.2, 0.25) is 0 Å². The van der Waals surface area contributed by atoms with Crippen molar-refractivity contribution in [2.24, 2.45) is 5.73 Å². The van der Waals surface area contributed by atoms with E-state index in [0.29, 0.717) is 29.4 Å². The number of carbonyl (C=O) groups excluding carboxylic acids is 1. The van der Waals surface area contributed by atoms with Crippen molar-refractivity contribution in [3.8, 4) is 22.4 Å². The van der Waals surface area contributed by atoms with Gasteiger partial charge in [-0.3, -0.25) is 9.88 Å². The third kappa shape index (κ3) is 4.23. The zero-order valence-electron chi connectivity index (χ0n) is 19.0. The number of hydrogen-bond donors (Lipinski definition) is 3. The molecule has 0 radical (unpaired) electrons. The smallest absolute Gasteiger partial charge is 0.321 e. The van der Waals surface area contributed by atoms with E-state index < -0.39 is 17.7 Å². The van der Waals surface area contributed by atoms with Crippen molar-refractivity contribution in [1.82, 2.24) is 19.9 Å². The average molecular weight is 493 g/mol. The maximum absolute atomic E-state index is 11.9. The average Bonchev–Trinajstić information content (AvgIpc) is 3.29. The standard InChI is InChI=1S/C24H24N6O4S/c1-2-30(22(25)32)23-29-18-10-14(9-16(20(18)35-23)17-5-3-4-7-26-17)15-11-27-21(28-12-15)24(33)6-8-34-13-19(24)31/h3-5,7,9-12,19,31,33H,2,6,8,13H2,1H3,(H2,25,32)/t19-,24-/m0/s1. The first-order valence-electron chi connectivity index (χ1n) is 11.1. The molecular formula is C24H24N6O4S. The van der Waals surface area contributed by atoms with Gasteiger partial charge in [-0.05, 0) is 36.8 Å². The van der Waals surface area contributed by atoms with Gasteiger partial charge in [-0.15, -0.1) is 0 Å². The molecule has 180 valence electrons. The van der Waals surface area contributed by atoms with E-state index in [9.17, 15) is 15.0 Å². The summed E-state index contributed by atoms with van der Waals surface area (Å²) in [5, 5.41) is 21.7. The number of aromatic nitrogens is 4. The Hall–Kier alpha value is -3.51. The second-order valence-corrected chi connectivity index (χ2v) is 9.20. The van der Waals surface area contributed by atoms with Gasteiger partial charge in [-0.2, -0.15) is 0 Å². The number of thiazole rings is 1. The Bertz CT molecular complexity index is 1360. The predicted molar refractivity (Wildman–Crippen MR) is 132 cm³/mol. The molecule has 0 saturated carbocycles. The summed E-state index contributed by atoms with van der Waals surface area (Å²) in [6.45, 7) is 2.58. The molecule has 1 aliphatic heterocycles. The van der Waals surface area contributed by atoms with Gasteiger partial charge >= 0.3 is 6.03 Å². The first-order valence-corrected chi connectivity index (χ1v) is 12.0. The number of fused-ring (bicyclic) bond motifs is 1. The molecule has 2 atom stereocenters. The highest BCUT2D eigenvalue weighted by molar-refractivity contribution is 7.23. The molecule has 11 heteroatoms. The van der Waals surface area contributed by atoms with Crippen LogP contribution in [0.15, 0.2) is 48.9 Å². The number of ether oxygens (including phenoxy) is 1. The molecule has 35 heavy (non-hydrogen) atoms. The van der Waals surface area contributed by atoms with Gasteiger partial charge in [0.1, 0.15) is 6.10 Å².